The molecule has 19 heavy (non-hydrogen) atoms. The van der Waals surface area contributed by atoms with E-state index in [1.165, 1.54) is 5.56 Å². The minimum atomic E-state index is -0.223. The van der Waals surface area contributed by atoms with Crippen LogP contribution in [0, 0.1) is 0 Å². The predicted octanol–water partition coefficient (Wildman–Crippen LogP) is 2.69. The van der Waals surface area contributed by atoms with Gasteiger partial charge in [-0.05, 0) is 58.1 Å². The van der Waals surface area contributed by atoms with Crippen LogP contribution in [0.4, 0.5) is 0 Å². The molecule has 1 aromatic carbocycles. The molecule has 0 amide bonds. The normalized spacial score (nSPS) is 14.6. The van der Waals surface area contributed by atoms with Gasteiger partial charge < -0.3 is 15.3 Å². The topological polar surface area (TPSA) is 35.5 Å². The lowest BCUT2D eigenvalue weighted by Crippen LogP contribution is -2.27. The Kier molecular flexibility index (Phi) is 7.39. The molecule has 0 aliphatic carbocycles. The lowest BCUT2D eigenvalue weighted by molar-refractivity contribution is 0.163. The summed E-state index contributed by atoms with van der Waals surface area (Å²) >= 11 is 5.91. The third-order valence-electron chi connectivity index (χ3n) is 3.35. The Morgan fingerprint density at radius 2 is 1.79 bits per heavy atom. The maximum atomic E-state index is 9.28. The molecule has 1 rings (SSSR count). The van der Waals surface area contributed by atoms with Gasteiger partial charge in [0.05, 0.1) is 6.10 Å². The number of hydrogen-bond donors (Lipinski definition) is 2. The first kappa shape index (κ1) is 16.4. The second-order valence-electron chi connectivity index (χ2n) is 5.12. The van der Waals surface area contributed by atoms with Crippen molar-refractivity contribution < 1.29 is 5.11 Å². The molecule has 0 spiro atoms. The van der Waals surface area contributed by atoms with Gasteiger partial charge in [0, 0.05) is 17.6 Å². The van der Waals surface area contributed by atoms with Gasteiger partial charge in [-0.15, -0.1) is 0 Å². The third-order valence-corrected chi connectivity index (χ3v) is 3.60. The summed E-state index contributed by atoms with van der Waals surface area (Å²) in [6, 6.07) is 8.33. The summed E-state index contributed by atoms with van der Waals surface area (Å²) in [5, 5.41) is 13.4. The van der Waals surface area contributed by atoms with Gasteiger partial charge >= 0.3 is 0 Å². The lowest BCUT2D eigenvalue weighted by Gasteiger charge is -2.22. The number of nitrogens with zero attached hydrogens (tertiary/aromatic N) is 1. The molecule has 108 valence electrons. The van der Waals surface area contributed by atoms with Crippen molar-refractivity contribution in [2.45, 2.75) is 31.9 Å². The highest BCUT2D eigenvalue weighted by molar-refractivity contribution is 6.30. The van der Waals surface area contributed by atoms with Crippen molar-refractivity contribution in [2.24, 2.45) is 0 Å². The Morgan fingerprint density at radius 3 is 2.32 bits per heavy atom. The number of benzene rings is 1. The molecule has 0 aliphatic rings. The zero-order chi connectivity index (χ0) is 14.3. The lowest BCUT2D eigenvalue weighted by atomic mass is 10.0. The molecule has 0 aliphatic heterocycles. The molecule has 0 radical (unpaired) electrons. The molecule has 0 fully saturated rings. The number of nitrogens with one attached hydrogen (secondary N) is 1. The van der Waals surface area contributed by atoms with Gasteiger partial charge in [-0.25, -0.2) is 0 Å². The Hall–Kier alpha value is -0.610. The molecular formula is C15H25ClN2O. The largest absolute Gasteiger partial charge is 0.393 e. The van der Waals surface area contributed by atoms with E-state index in [0.717, 1.165) is 31.0 Å². The third kappa shape index (κ3) is 6.39. The molecule has 2 N–H and O–H groups in total. The van der Waals surface area contributed by atoms with Crippen LogP contribution in [0.1, 0.15) is 31.4 Å². The Morgan fingerprint density at radius 1 is 1.21 bits per heavy atom. The Labute approximate surface area is 121 Å². The molecule has 0 bridgehead atoms. The summed E-state index contributed by atoms with van der Waals surface area (Å²) in [7, 11) is 4.08. The molecule has 0 saturated carbocycles. The number of aliphatic hydroxyl groups excluding tert-OH is 1. The second kappa shape index (κ2) is 8.54. The van der Waals surface area contributed by atoms with Crippen LogP contribution >= 0.6 is 11.6 Å². The van der Waals surface area contributed by atoms with E-state index in [2.05, 4.69) is 29.4 Å². The minimum Gasteiger partial charge on any atom is -0.393 e. The van der Waals surface area contributed by atoms with Crippen molar-refractivity contribution in [3.05, 3.63) is 34.9 Å². The zero-order valence-corrected chi connectivity index (χ0v) is 12.8. The number of halogens is 1. The maximum absolute atomic E-state index is 9.28. The van der Waals surface area contributed by atoms with Crippen LogP contribution < -0.4 is 5.32 Å². The summed E-state index contributed by atoms with van der Waals surface area (Å²) in [5.74, 6) is 0. The van der Waals surface area contributed by atoms with E-state index >= 15 is 0 Å². The number of rotatable bonds is 8. The van der Waals surface area contributed by atoms with Gasteiger partial charge in [0.2, 0.25) is 0 Å². The van der Waals surface area contributed by atoms with Gasteiger partial charge in [0.25, 0.3) is 0 Å². The molecule has 3 nitrogen and oxygen atoms in total. The van der Waals surface area contributed by atoms with E-state index in [4.69, 9.17) is 11.6 Å². The van der Waals surface area contributed by atoms with Gasteiger partial charge in [-0.2, -0.15) is 0 Å². The molecular weight excluding hydrogens is 260 g/mol. The van der Waals surface area contributed by atoms with Crippen molar-refractivity contribution in [3.63, 3.8) is 0 Å². The molecule has 2 atom stereocenters. The maximum Gasteiger partial charge on any atom is 0.0524 e. The molecule has 2 unspecified atom stereocenters. The van der Waals surface area contributed by atoms with Crippen LogP contribution in [0.25, 0.3) is 0 Å². The fourth-order valence-corrected chi connectivity index (χ4v) is 2.17. The molecule has 4 heteroatoms. The van der Waals surface area contributed by atoms with E-state index in [1.807, 2.05) is 26.1 Å². The zero-order valence-electron chi connectivity index (χ0n) is 12.1. The van der Waals surface area contributed by atoms with Crippen LogP contribution in [-0.2, 0) is 0 Å². The highest BCUT2D eigenvalue weighted by Gasteiger charge is 2.10. The fourth-order valence-electron chi connectivity index (χ4n) is 2.04. The van der Waals surface area contributed by atoms with Crippen molar-refractivity contribution in [1.82, 2.24) is 10.2 Å². The predicted molar refractivity (Wildman–Crippen MR) is 81.7 cm³/mol. The quantitative estimate of drug-likeness (QED) is 0.770. The van der Waals surface area contributed by atoms with E-state index in [0.29, 0.717) is 6.04 Å². The van der Waals surface area contributed by atoms with Crippen LogP contribution in [0.3, 0.4) is 0 Å². The van der Waals surface area contributed by atoms with Crippen LogP contribution in [0.5, 0.6) is 0 Å². The van der Waals surface area contributed by atoms with Crippen molar-refractivity contribution in [3.8, 4) is 0 Å². The molecule has 0 heterocycles. The summed E-state index contributed by atoms with van der Waals surface area (Å²) in [4.78, 5) is 2.26. The Balaban J connectivity index is 2.42. The summed E-state index contributed by atoms with van der Waals surface area (Å²) in [6.45, 7) is 3.76. The smallest absolute Gasteiger partial charge is 0.0524 e. The monoisotopic (exact) mass is 284 g/mol. The van der Waals surface area contributed by atoms with E-state index in [-0.39, 0.29) is 6.10 Å². The van der Waals surface area contributed by atoms with E-state index < -0.39 is 0 Å². The van der Waals surface area contributed by atoms with E-state index in [9.17, 15) is 5.11 Å². The van der Waals surface area contributed by atoms with Gasteiger partial charge in [0.15, 0.2) is 0 Å². The number of aliphatic hydroxyl groups is 1. The first-order valence-corrected chi connectivity index (χ1v) is 7.20. The van der Waals surface area contributed by atoms with Crippen molar-refractivity contribution >= 4 is 11.6 Å². The SMILES string of the molecule is CNC(CCN(C)CCC(C)O)c1ccc(Cl)cc1. The first-order valence-electron chi connectivity index (χ1n) is 6.82. The minimum absolute atomic E-state index is 0.223. The van der Waals surface area contributed by atoms with Crippen LogP contribution in [-0.4, -0.2) is 43.3 Å². The van der Waals surface area contributed by atoms with Crippen LogP contribution in [0.2, 0.25) is 5.02 Å². The van der Waals surface area contributed by atoms with E-state index in [1.54, 1.807) is 0 Å². The number of hydrogen-bond acceptors (Lipinski definition) is 3. The first-order chi connectivity index (χ1) is 9.02. The summed E-state index contributed by atoms with van der Waals surface area (Å²) in [6.07, 6.45) is 1.63. The van der Waals surface area contributed by atoms with Crippen LogP contribution in [0.15, 0.2) is 24.3 Å². The van der Waals surface area contributed by atoms with Gasteiger partial charge in [-0.1, -0.05) is 23.7 Å². The molecule has 0 aromatic heterocycles. The van der Waals surface area contributed by atoms with Gasteiger partial charge in [-0.3, -0.25) is 0 Å². The summed E-state index contributed by atoms with van der Waals surface area (Å²) < 4.78 is 0. The molecule has 0 saturated heterocycles. The Bertz CT molecular complexity index is 354. The second-order valence-corrected chi connectivity index (χ2v) is 5.56. The van der Waals surface area contributed by atoms with Crippen molar-refractivity contribution in [1.29, 1.82) is 0 Å². The average molecular weight is 285 g/mol. The fraction of sp³-hybridized carbons (Fsp3) is 0.600. The summed E-state index contributed by atoms with van der Waals surface area (Å²) in [5.41, 5.74) is 1.26. The highest BCUT2D eigenvalue weighted by Crippen LogP contribution is 2.19. The standard InChI is InChI=1S/C15H25ClN2O/c1-12(19)8-10-18(3)11-9-15(17-2)13-4-6-14(16)7-5-13/h4-7,12,15,17,19H,8-11H2,1-3H3. The average Bonchev–Trinajstić information content (AvgIpc) is 2.39. The highest BCUT2D eigenvalue weighted by atomic mass is 35.5. The molecule has 1 aromatic rings. The van der Waals surface area contributed by atoms with Crippen molar-refractivity contribution in [2.75, 3.05) is 27.2 Å². The van der Waals surface area contributed by atoms with Gasteiger partial charge in [0.1, 0.15) is 0 Å².